The monoisotopic (exact) mass is 170 g/mol. The van der Waals surface area contributed by atoms with Crippen LogP contribution in [-0.4, -0.2) is 6.15 Å². The molecule has 0 fully saturated rings. The van der Waals surface area contributed by atoms with Crippen molar-refractivity contribution in [3.63, 3.8) is 0 Å². The van der Waals surface area contributed by atoms with E-state index in [0.717, 1.165) is 0 Å². The zero-order chi connectivity index (χ0) is 2.71. The molecule has 0 N–H and O–H groups in total. The van der Waals surface area contributed by atoms with Gasteiger partial charge in [0.1, 0.15) is 0 Å². The first-order chi connectivity index (χ1) is 1.41. The molecular formula is CF3KLiNaO2. The van der Waals surface area contributed by atoms with Gasteiger partial charge >= 0.3 is 106 Å². The van der Waals surface area contributed by atoms with Gasteiger partial charge < -0.3 is 14.1 Å². The molecule has 0 atom stereocenters. The maximum absolute atomic E-state index is 8.12. The van der Waals surface area contributed by atoms with Gasteiger partial charge in [0.05, 0.1) is 0 Å². The van der Waals surface area contributed by atoms with Crippen molar-refractivity contribution >= 4 is 6.15 Å². The van der Waals surface area contributed by atoms with Gasteiger partial charge in [-0.2, -0.15) is 9.59 Å². The molecule has 0 aliphatic carbocycles. The van der Waals surface area contributed by atoms with Crippen LogP contribution < -0.4 is 114 Å². The van der Waals surface area contributed by atoms with E-state index in [1.54, 1.807) is 0 Å². The van der Waals surface area contributed by atoms with Crippen LogP contribution in [0.15, 0.2) is 0 Å². The van der Waals surface area contributed by atoms with E-state index < -0.39 is 0 Å². The van der Waals surface area contributed by atoms with Crippen LogP contribution >= 0.6 is 0 Å². The van der Waals surface area contributed by atoms with Gasteiger partial charge in [0.15, 0.2) is 0 Å². The van der Waals surface area contributed by atoms with Crippen LogP contribution in [0.25, 0.3) is 0 Å². The van der Waals surface area contributed by atoms with Gasteiger partial charge in [-0.05, 0) is 0 Å². The number of hydrogen-bond acceptors (Lipinski definition) is 2. The Morgan fingerprint density at radius 1 is 0.889 bits per heavy atom. The van der Waals surface area contributed by atoms with E-state index in [1.165, 1.54) is 0 Å². The molecule has 0 heterocycles. The fourth-order valence-electron chi connectivity index (χ4n) is 0. The summed E-state index contributed by atoms with van der Waals surface area (Å²) < 4.78 is 0. The first kappa shape index (κ1) is 63.6. The molecule has 0 spiro atoms. The fourth-order valence-corrected chi connectivity index (χ4v) is 0. The van der Waals surface area contributed by atoms with Crippen LogP contribution in [0.1, 0.15) is 0 Å². The van der Waals surface area contributed by atoms with E-state index in [1.807, 2.05) is 0 Å². The minimum atomic E-state index is 0. The van der Waals surface area contributed by atoms with Crippen LogP contribution in [0.5, 0.6) is 0 Å². The van der Waals surface area contributed by atoms with Crippen LogP contribution in [0.3, 0.4) is 0 Å². The zero-order valence-electron chi connectivity index (χ0n) is 5.45. The second-order valence-electron chi connectivity index (χ2n) is 0.0833. The van der Waals surface area contributed by atoms with Crippen molar-refractivity contribution < 1.29 is 124 Å². The topological polar surface area (TPSA) is 34.1 Å². The average molecular weight is 170 g/mol. The summed E-state index contributed by atoms with van der Waals surface area (Å²) in [5.74, 6) is 0. The van der Waals surface area contributed by atoms with E-state index in [9.17, 15) is 0 Å². The largest absolute Gasteiger partial charge is 1.00 e. The van der Waals surface area contributed by atoms with Gasteiger partial charge in [-0.1, -0.05) is 0 Å². The fraction of sp³-hybridized carbons (Fsp3) is 0. The van der Waals surface area contributed by atoms with Crippen molar-refractivity contribution in [2.24, 2.45) is 0 Å². The molecule has 9 heavy (non-hydrogen) atoms. The van der Waals surface area contributed by atoms with Gasteiger partial charge in [-0.3, -0.25) is 0 Å². The maximum Gasteiger partial charge on any atom is 1.00 e. The van der Waals surface area contributed by atoms with Crippen molar-refractivity contribution in [3.05, 3.63) is 0 Å². The summed E-state index contributed by atoms with van der Waals surface area (Å²) >= 11 is 0. The third-order valence-electron chi connectivity index (χ3n) is 0. The van der Waals surface area contributed by atoms with Crippen LogP contribution in [-0.2, 0) is 9.59 Å². The molecule has 0 rings (SSSR count). The van der Waals surface area contributed by atoms with Crippen LogP contribution in [0.4, 0.5) is 0 Å². The van der Waals surface area contributed by atoms with E-state index in [2.05, 4.69) is 0 Å². The maximum atomic E-state index is 8.12. The molecule has 2 nitrogen and oxygen atoms in total. The predicted octanol–water partition coefficient (Wildman–Crippen LogP) is -18.6. The summed E-state index contributed by atoms with van der Waals surface area (Å²) in [6.45, 7) is 0. The minimum absolute atomic E-state index is 0. The third kappa shape index (κ3) is 127. The van der Waals surface area contributed by atoms with Crippen molar-refractivity contribution in [2.45, 2.75) is 0 Å². The smallest absolute Gasteiger partial charge is 1.00 e. The van der Waals surface area contributed by atoms with E-state index in [4.69, 9.17) is 9.59 Å². The summed E-state index contributed by atoms with van der Waals surface area (Å²) in [6.07, 6.45) is 0.250. The molecule has 0 bridgehead atoms. The molecule has 0 radical (unpaired) electrons. The Morgan fingerprint density at radius 3 is 0.889 bits per heavy atom. The minimum Gasteiger partial charge on any atom is -1.00 e. The number of rotatable bonds is 0. The first-order valence-electron chi connectivity index (χ1n) is 0.408. The molecule has 0 aromatic rings. The van der Waals surface area contributed by atoms with Crippen LogP contribution in [0, 0.1) is 0 Å². The van der Waals surface area contributed by atoms with E-state index in [0.29, 0.717) is 0 Å². The quantitative estimate of drug-likeness (QED) is 0.338. The molecule has 0 aromatic heterocycles. The molecule has 0 saturated heterocycles. The van der Waals surface area contributed by atoms with Gasteiger partial charge in [0.2, 0.25) is 0 Å². The Bertz CT molecular complexity index is 42.8. The van der Waals surface area contributed by atoms with E-state index in [-0.39, 0.29) is 120 Å². The Kier molecular flexibility index (Phi) is 562. The second kappa shape index (κ2) is 79.4. The summed E-state index contributed by atoms with van der Waals surface area (Å²) in [5, 5.41) is 0. The van der Waals surface area contributed by atoms with Crippen molar-refractivity contribution in [3.8, 4) is 0 Å². The Labute approximate surface area is 127 Å². The first-order valence-corrected chi connectivity index (χ1v) is 0.408. The Hall–Kier alpha value is 2.40. The van der Waals surface area contributed by atoms with Crippen molar-refractivity contribution in [1.29, 1.82) is 0 Å². The third-order valence-corrected chi connectivity index (χ3v) is 0. The standard InChI is InChI=1S/CO2.3FH.K.Li.Na/c2-1-3;;;;;;/h;3*1H;;;/q;;;;3*+1/p-3. The van der Waals surface area contributed by atoms with Crippen molar-refractivity contribution in [1.82, 2.24) is 0 Å². The molecule has 0 amide bonds. The van der Waals surface area contributed by atoms with Gasteiger partial charge in [0.25, 0.3) is 0 Å². The van der Waals surface area contributed by atoms with Gasteiger partial charge in [-0.15, -0.1) is 0 Å². The predicted molar refractivity (Wildman–Crippen MR) is 5.01 cm³/mol. The number of halogens is 3. The molecule has 40 valence electrons. The molecule has 0 aliphatic rings. The van der Waals surface area contributed by atoms with Crippen LogP contribution in [0.2, 0.25) is 0 Å². The van der Waals surface area contributed by atoms with Gasteiger partial charge in [0, 0.05) is 0 Å². The molecule has 0 unspecified atom stereocenters. The molecule has 0 aromatic carbocycles. The molecule has 0 aliphatic heterocycles. The summed E-state index contributed by atoms with van der Waals surface area (Å²) in [6, 6.07) is 0. The Balaban J connectivity index is -0.00000000133. The molecule has 0 saturated carbocycles. The zero-order valence-corrected chi connectivity index (χ0v) is 10.6. The summed E-state index contributed by atoms with van der Waals surface area (Å²) in [5.41, 5.74) is 0. The average Bonchev–Trinajstić information content (AvgIpc) is 0.918. The van der Waals surface area contributed by atoms with Gasteiger partial charge in [-0.25, -0.2) is 0 Å². The van der Waals surface area contributed by atoms with E-state index >= 15 is 0 Å². The molecule has 8 heteroatoms. The molecular weight excluding hydrogens is 170 g/mol. The second-order valence-corrected chi connectivity index (χ2v) is 0.0833. The van der Waals surface area contributed by atoms with Crippen molar-refractivity contribution in [2.75, 3.05) is 0 Å². The number of carbonyl (C=O) groups excluding carboxylic acids is 2. The number of hydrogen-bond donors (Lipinski definition) is 0. The Morgan fingerprint density at radius 2 is 0.889 bits per heavy atom. The SMILES string of the molecule is O=C=O.[F-].[F-].[F-].[K+].[Li+].[Na+]. The summed E-state index contributed by atoms with van der Waals surface area (Å²) in [7, 11) is 0. The normalized spacial score (nSPS) is 0.889. The summed E-state index contributed by atoms with van der Waals surface area (Å²) in [4.78, 5) is 16.2.